The number of carbonyl (C=O) groups is 2. The van der Waals surface area contributed by atoms with Crippen molar-refractivity contribution in [2.45, 2.75) is 37.9 Å². The van der Waals surface area contributed by atoms with Crippen molar-refractivity contribution >= 4 is 22.9 Å². The SMILES string of the molecule is CCCc1cccc(Oc2ccc(OC)cc2)c1.COCCCCOc1cccc(C2SC(=O)NC2=O)c1. The molecule has 8 heteroatoms. The Morgan fingerprint density at radius 3 is 2.21 bits per heavy atom. The topological polar surface area (TPSA) is 83.1 Å². The fourth-order valence-corrected chi connectivity index (χ4v) is 4.54. The number of ether oxygens (including phenoxy) is 4. The van der Waals surface area contributed by atoms with Crippen LogP contribution in [0.3, 0.4) is 0 Å². The number of imide groups is 1. The number of rotatable bonds is 12. The summed E-state index contributed by atoms with van der Waals surface area (Å²) >= 11 is 0.999. The van der Waals surface area contributed by atoms with Crippen molar-refractivity contribution in [2.24, 2.45) is 0 Å². The van der Waals surface area contributed by atoms with Crippen LogP contribution < -0.4 is 19.5 Å². The van der Waals surface area contributed by atoms with Crippen molar-refractivity contribution in [3.8, 4) is 23.0 Å². The second-order valence-corrected chi connectivity index (χ2v) is 9.65. The zero-order valence-corrected chi connectivity index (χ0v) is 22.9. The van der Waals surface area contributed by atoms with Crippen molar-refractivity contribution in [3.05, 3.63) is 83.9 Å². The molecule has 0 aliphatic carbocycles. The minimum absolute atomic E-state index is 0.266. The van der Waals surface area contributed by atoms with E-state index >= 15 is 0 Å². The van der Waals surface area contributed by atoms with Gasteiger partial charge in [0.25, 0.3) is 5.24 Å². The van der Waals surface area contributed by atoms with Crippen LogP contribution in [0, 0.1) is 0 Å². The van der Waals surface area contributed by atoms with Crippen molar-refractivity contribution in [2.75, 3.05) is 27.4 Å². The highest BCUT2D eigenvalue weighted by atomic mass is 32.2. The molecular formula is C30H35NO6S. The van der Waals surface area contributed by atoms with Gasteiger partial charge < -0.3 is 18.9 Å². The van der Waals surface area contributed by atoms with E-state index in [1.54, 1.807) is 14.2 Å². The molecule has 202 valence electrons. The van der Waals surface area contributed by atoms with Crippen molar-refractivity contribution < 1.29 is 28.5 Å². The number of methoxy groups -OCH3 is 2. The molecule has 38 heavy (non-hydrogen) atoms. The minimum atomic E-state index is -0.473. The van der Waals surface area contributed by atoms with Crippen LogP contribution in [0.4, 0.5) is 4.79 Å². The number of unbranched alkanes of at least 4 members (excludes halogenated alkanes) is 1. The number of thioether (sulfide) groups is 1. The van der Waals surface area contributed by atoms with Gasteiger partial charge >= 0.3 is 0 Å². The van der Waals surface area contributed by atoms with Crippen molar-refractivity contribution in [3.63, 3.8) is 0 Å². The number of hydrogen-bond donors (Lipinski definition) is 1. The summed E-state index contributed by atoms with van der Waals surface area (Å²) in [5.74, 6) is 2.99. The lowest BCUT2D eigenvalue weighted by Crippen LogP contribution is -2.20. The monoisotopic (exact) mass is 537 g/mol. The van der Waals surface area contributed by atoms with Crippen LogP contribution in [0.25, 0.3) is 0 Å². The standard InChI is InChI=1S/C16H18O2.C14H17NO4S/c1-3-5-13-6-4-7-16(12-13)18-15-10-8-14(17-2)9-11-15;1-18-7-2-3-8-19-11-6-4-5-10(9-11)12-13(16)15-14(17)20-12/h4,6-12H,3,5H2,1-2H3;4-6,9,12H,2-3,7-8H2,1H3,(H,15,16,17). The average molecular weight is 538 g/mol. The van der Waals surface area contributed by atoms with Gasteiger partial charge in [0.2, 0.25) is 5.91 Å². The zero-order chi connectivity index (χ0) is 27.2. The van der Waals surface area contributed by atoms with Gasteiger partial charge in [0, 0.05) is 13.7 Å². The smallest absolute Gasteiger partial charge is 0.286 e. The van der Waals surface area contributed by atoms with Crippen LogP contribution in [-0.2, 0) is 16.0 Å². The molecule has 1 aliphatic heterocycles. The number of carbonyl (C=O) groups excluding carboxylic acids is 2. The van der Waals surface area contributed by atoms with Gasteiger partial charge in [-0.3, -0.25) is 14.9 Å². The zero-order valence-electron chi connectivity index (χ0n) is 22.1. The highest BCUT2D eigenvalue weighted by molar-refractivity contribution is 8.15. The van der Waals surface area contributed by atoms with Gasteiger partial charge in [-0.25, -0.2) is 0 Å². The Hall–Kier alpha value is -3.49. The molecule has 1 heterocycles. The Morgan fingerprint density at radius 1 is 0.816 bits per heavy atom. The fourth-order valence-electron chi connectivity index (χ4n) is 3.71. The van der Waals surface area contributed by atoms with Crippen molar-refractivity contribution in [1.29, 1.82) is 0 Å². The van der Waals surface area contributed by atoms with Crippen LogP contribution in [0.5, 0.6) is 23.0 Å². The molecule has 7 nitrogen and oxygen atoms in total. The van der Waals surface area contributed by atoms with E-state index in [0.717, 1.165) is 66.9 Å². The van der Waals surface area contributed by atoms with E-state index in [1.807, 2.05) is 60.7 Å². The molecule has 2 amide bonds. The van der Waals surface area contributed by atoms with Gasteiger partial charge in [-0.05, 0) is 90.7 Å². The maximum absolute atomic E-state index is 11.6. The lowest BCUT2D eigenvalue weighted by molar-refractivity contribution is -0.119. The maximum atomic E-state index is 11.6. The fraction of sp³-hybridized carbons (Fsp3) is 0.333. The molecule has 1 aliphatic rings. The Bertz CT molecular complexity index is 1170. The summed E-state index contributed by atoms with van der Waals surface area (Å²) in [7, 11) is 3.33. The van der Waals surface area contributed by atoms with Gasteiger partial charge in [0.05, 0.1) is 13.7 Å². The third-order valence-electron chi connectivity index (χ3n) is 5.59. The second kappa shape index (κ2) is 15.7. The number of nitrogens with one attached hydrogen (secondary N) is 1. The number of benzene rings is 3. The molecule has 0 radical (unpaired) electrons. The van der Waals surface area contributed by atoms with E-state index in [9.17, 15) is 9.59 Å². The maximum Gasteiger partial charge on any atom is 0.286 e. The molecule has 0 spiro atoms. The largest absolute Gasteiger partial charge is 0.497 e. The van der Waals surface area contributed by atoms with Gasteiger partial charge in [-0.1, -0.05) is 37.6 Å². The molecule has 4 rings (SSSR count). The van der Waals surface area contributed by atoms with Crippen LogP contribution in [0.2, 0.25) is 0 Å². The highest BCUT2D eigenvalue weighted by Gasteiger charge is 2.32. The first kappa shape index (κ1) is 29.1. The lowest BCUT2D eigenvalue weighted by Gasteiger charge is -2.10. The molecule has 3 aromatic carbocycles. The first-order valence-electron chi connectivity index (χ1n) is 12.7. The summed E-state index contributed by atoms with van der Waals surface area (Å²) < 4.78 is 21.5. The van der Waals surface area contributed by atoms with Gasteiger partial charge in [0.15, 0.2) is 0 Å². The highest BCUT2D eigenvalue weighted by Crippen LogP contribution is 2.35. The molecule has 1 fully saturated rings. The number of aryl methyl sites for hydroxylation is 1. The second-order valence-electron chi connectivity index (χ2n) is 8.57. The van der Waals surface area contributed by atoms with Gasteiger partial charge in [-0.2, -0.15) is 0 Å². The van der Waals surface area contributed by atoms with E-state index in [4.69, 9.17) is 18.9 Å². The van der Waals surface area contributed by atoms with E-state index < -0.39 is 5.25 Å². The Kier molecular flexibility index (Phi) is 12.0. The summed E-state index contributed by atoms with van der Waals surface area (Å²) in [6.07, 6.45) is 4.09. The molecular weight excluding hydrogens is 502 g/mol. The Balaban J connectivity index is 0.000000212. The summed E-state index contributed by atoms with van der Waals surface area (Å²) in [4.78, 5) is 22.8. The third kappa shape index (κ3) is 9.43. The Morgan fingerprint density at radius 2 is 1.53 bits per heavy atom. The summed E-state index contributed by atoms with van der Waals surface area (Å²) in [5.41, 5.74) is 2.09. The number of amides is 2. The number of hydrogen-bond acceptors (Lipinski definition) is 7. The summed E-state index contributed by atoms with van der Waals surface area (Å²) in [6.45, 7) is 3.51. The molecule has 0 aromatic heterocycles. The van der Waals surface area contributed by atoms with Crippen LogP contribution in [0.15, 0.2) is 72.8 Å². The summed E-state index contributed by atoms with van der Waals surface area (Å²) in [5, 5.41) is 1.51. The van der Waals surface area contributed by atoms with E-state index in [2.05, 4.69) is 24.4 Å². The normalized spacial score (nSPS) is 14.3. The van der Waals surface area contributed by atoms with Crippen molar-refractivity contribution in [1.82, 2.24) is 5.32 Å². The molecule has 1 atom stereocenters. The summed E-state index contributed by atoms with van der Waals surface area (Å²) in [6, 6.07) is 23.1. The quantitative estimate of drug-likeness (QED) is 0.250. The van der Waals surface area contributed by atoms with Crippen LogP contribution in [-0.4, -0.2) is 38.6 Å². The third-order valence-corrected chi connectivity index (χ3v) is 6.63. The lowest BCUT2D eigenvalue weighted by atomic mass is 10.1. The first-order chi connectivity index (χ1) is 18.5. The van der Waals surface area contributed by atoms with E-state index in [0.29, 0.717) is 12.4 Å². The van der Waals surface area contributed by atoms with Crippen LogP contribution in [0.1, 0.15) is 42.6 Å². The molecule has 1 unspecified atom stereocenters. The van der Waals surface area contributed by atoms with Crippen LogP contribution >= 0.6 is 11.8 Å². The molecule has 3 aromatic rings. The minimum Gasteiger partial charge on any atom is -0.497 e. The van der Waals surface area contributed by atoms with E-state index in [1.165, 1.54) is 5.56 Å². The molecule has 0 bridgehead atoms. The first-order valence-corrected chi connectivity index (χ1v) is 13.5. The molecule has 0 saturated carbocycles. The average Bonchev–Trinajstić information content (AvgIpc) is 3.27. The predicted molar refractivity (Wildman–Crippen MR) is 150 cm³/mol. The molecule has 1 N–H and O–H groups in total. The predicted octanol–water partition coefficient (Wildman–Crippen LogP) is 6.96. The van der Waals surface area contributed by atoms with Gasteiger partial charge in [0.1, 0.15) is 28.2 Å². The van der Waals surface area contributed by atoms with E-state index in [-0.39, 0.29) is 11.1 Å². The van der Waals surface area contributed by atoms with Gasteiger partial charge in [-0.15, -0.1) is 0 Å². The molecule has 1 saturated heterocycles. The Labute approximate surface area is 228 Å².